The Morgan fingerprint density at radius 1 is 1.19 bits per heavy atom. The summed E-state index contributed by atoms with van der Waals surface area (Å²) < 4.78 is 16.8. The van der Waals surface area contributed by atoms with Crippen molar-refractivity contribution in [2.24, 2.45) is 11.8 Å². The quantitative estimate of drug-likeness (QED) is 0.773. The van der Waals surface area contributed by atoms with Crippen molar-refractivity contribution in [3.8, 4) is 17.6 Å². The number of nitrogens with zero attached hydrogens (tertiary/aromatic N) is 2. The molecule has 1 heterocycles. The largest absolute Gasteiger partial charge is 0.497 e. The summed E-state index contributed by atoms with van der Waals surface area (Å²) in [6, 6.07) is 6.30. The summed E-state index contributed by atoms with van der Waals surface area (Å²) in [5.74, 6) is 0.385. The molecule has 0 bridgehead atoms. The van der Waals surface area contributed by atoms with E-state index < -0.39 is 23.7 Å². The van der Waals surface area contributed by atoms with Gasteiger partial charge in [0.25, 0.3) is 0 Å². The minimum atomic E-state index is -1.02. The first kappa shape index (κ1) is 22.7. The number of carbonyl (C=O) groups excluding carboxylic acids is 1. The summed E-state index contributed by atoms with van der Waals surface area (Å²) in [6.07, 6.45) is 1.92. The van der Waals surface area contributed by atoms with E-state index >= 15 is 0 Å². The summed E-state index contributed by atoms with van der Waals surface area (Å²) in [5.41, 5.74) is -0.247. The van der Waals surface area contributed by atoms with Crippen LogP contribution in [-0.4, -0.2) is 53.5 Å². The second-order valence-corrected chi connectivity index (χ2v) is 9.27. The lowest BCUT2D eigenvalue weighted by Crippen LogP contribution is -2.56. The van der Waals surface area contributed by atoms with E-state index in [1.807, 2.05) is 0 Å². The molecule has 0 radical (unpaired) electrons. The van der Waals surface area contributed by atoms with Gasteiger partial charge in [0, 0.05) is 12.6 Å². The molecule has 4 atom stereocenters. The van der Waals surface area contributed by atoms with Crippen LogP contribution in [0.4, 0.5) is 4.79 Å². The Kier molecular flexibility index (Phi) is 6.63. The third-order valence-corrected chi connectivity index (χ3v) is 5.94. The molecule has 31 heavy (non-hydrogen) atoms. The van der Waals surface area contributed by atoms with E-state index in [-0.39, 0.29) is 17.9 Å². The predicted molar refractivity (Wildman–Crippen MR) is 112 cm³/mol. The minimum absolute atomic E-state index is 0.120. The number of hydrogen-bond acceptors (Lipinski definition) is 6. The van der Waals surface area contributed by atoms with Crippen LogP contribution in [0.1, 0.15) is 52.0 Å². The maximum Gasteiger partial charge on any atom is 0.411 e. The van der Waals surface area contributed by atoms with Gasteiger partial charge in [0.1, 0.15) is 29.2 Å². The molecule has 168 valence electrons. The van der Waals surface area contributed by atoms with Crippen molar-refractivity contribution < 1.29 is 28.9 Å². The maximum absolute atomic E-state index is 12.6. The molecule has 1 amide bonds. The van der Waals surface area contributed by atoms with Gasteiger partial charge in [0.15, 0.2) is 0 Å². The average Bonchev–Trinajstić information content (AvgIpc) is 2.71. The third kappa shape index (κ3) is 5.40. The van der Waals surface area contributed by atoms with E-state index in [1.165, 1.54) is 4.90 Å². The Labute approximate surface area is 182 Å². The number of benzene rings is 1. The van der Waals surface area contributed by atoms with Crippen LogP contribution in [0, 0.1) is 23.2 Å². The highest BCUT2D eigenvalue weighted by Gasteiger charge is 2.45. The molecule has 1 aliphatic carbocycles. The first-order valence-electron chi connectivity index (χ1n) is 10.6. The zero-order valence-electron chi connectivity index (χ0n) is 18.5. The molecule has 2 fully saturated rings. The highest BCUT2D eigenvalue weighted by atomic mass is 16.6. The van der Waals surface area contributed by atoms with Gasteiger partial charge in [-0.3, -0.25) is 4.90 Å². The highest BCUT2D eigenvalue weighted by Crippen LogP contribution is 2.41. The lowest BCUT2D eigenvalue weighted by molar-refractivity contribution is -0.147. The Bertz CT molecular complexity index is 872. The number of nitriles is 1. The molecule has 1 saturated heterocycles. The number of fused-ring (bicyclic) bond motifs is 1. The number of ether oxygens (including phenoxy) is 3. The Morgan fingerprint density at radius 3 is 2.55 bits per heavy atom. The van der Waals surface area contributed by atoms with Gasteiger partial charge < -0.3 is 19.3 Å². The van der Waals surface area contributed by atoms with E-state index in [0.29, 0.717) is 36.4 Å². The topological polar surface area (TPSA) is 109 Å². The Hall–Kier alpha value is -2.95. The summed E-state index contributed by atoms with van der Waals surface area (Å²) in [6.45, 7) is 5.67. The molecule has 2 aliphatic rings. The number of amides is 1. The molecule has 0 spiro atoms. The van der Waals surface area contributed by atoms with Crippen LogP contribution in [-0.2, 0) is 9.53 Å². The molecule has 1 N–H and O–H groups in total. The van der Waals surface area contributed by atoms with Crippen molar-refractivity contribution >= 4 is 12.1 Å². The molecule has 3 rings (SSSR count). The monoisotopic (exact) mass is 430 g/mol. The number of carboxylic acids is 1. The second kappa shape index (κ2) is 9.04. The van der Waals surface area contributed by atoms with Crippen molar-refractivity contribution in [2.45, 2.75) is 64.2 Å². The first-order chi connectivity index (χ1) is 14.6. The number of carboxylic acid groups (broad SMARTS) is 1. The normalized spacial score (nSPS) is 25.7. The molecule has 1 aromatic carbocycles. The van der Waals surface area contributed by atoms with Crippen LogP contribution in [0.25, 0.3) is 0 Å². The molecule has 0 aromatic heterocycles. The lowest BCUT2D eigenvalue weighted by Gasteiger charge is -2.46. The lowest BCUT2D eigenvalue weighted by atomic mass is 9.72. The number of likely N-dealkylation sites (tertiary alicyclic amines) is 1. The van der Waals surface area contributed by atoms with Gasteiger partial charge in [-0.05, 0) is 70.4 Å². The van der Waals surface area contributed by atoms with Crippen molar-refractivity contribution in [2.75, 3.05) is 13.7 Å². The van der Waals surface area contributed by atoms with Gasteiger partial charge in [-0.1, -0.05) is 0 Å². The SMILES string of the molecule is COc1ccc(C#N)c(OC2CCC3CN(C(=O)OC(C)(C)C)C(C(=O)O)CC3C2)c1. The molecule has 4 unspecified atom stereocenters. The van der Waals surface area contributed by atoms with E-state index in [0.717, 1.165) is 12.8 Å². The molecular formula is C23H30N2O6. The fourth-order valence-corrected chi connectivity index (χ4v) is 4.47. The third-order valence-electron chi connectivity index (χ3n) is 5.94. The van der Waals surface area contributed by atoms with Crippen LogP contribution < -0.4 is 9.47 Å². The van der Waals surface area contributed by atoms with Gasteiger partial charge in [-0.2, -0.15) is 5.26 Å². The number of piperidine rings is 1. The summed E-state index contributed by atoms with van der Waals surface area (Å²) >= 11 is 0. The summed E-state index contributed by atoms with van der Waals surface area (Å²) in [4.78, 5) is 25.9. The molecule has 8 nitrogen and oxygen atoms in total. The van der Waals surface area contributed by atoms with Crippen LogP contribution in [0.3, 0.4) is 0 Å². The van der Waals surface area contributed by atoms with Crippen molar-refractivity contribution in [3.63, 3.8) is 0 Å². The molecule has 1 aliphatic heterocycles. The van der Waals surface area contributed by atoms with E-state index in [1.54, 1.807) is 46.1 Å². The van der Waals surface area contributed by atoms with Gasteiger partial charge >= 0.3 is 12.1 Å². The van der Waals surface area contributed by atoms with E-state index in [4.69, 9.17) is 14.2 Å². The number of aliphatic carboxylic acids is 1. The fourth-order valence-electron chi connectivity index (χ4n) is 4.47. The second-order valence-electron chi connectivity index (χ2n) is 9.27. The predicted octanol–water partition coefficient (Wildman–Crippen LogP) is 3.82. The highest BCUT2D eigenvalue weighted by molar-refractivity contribution is 5.80. The van der Waals surface area contributed by atoms with E-state index in [2.05, 4.69) is 6.07 Å². The zero-order chi connectivity index (χ0) is 22.8. The van der Waals surface area contributed by atoms with Crippen LogP contribution in [0.15, 0.2) is 18.2 Å². The molecule has 1 saturated carbocycles. The van der Waals surface area contributed by atoms with Crippen LogP contribution in [0.2, 0.25) is 0 Å². The Morgan fingerprint density at radius 2 is 1.94 bits per heavy atom. The Balaban J connectivity index is 1.71. The standard InChI is InChI=1S/C23H30N2O6/c1-23(2,3)31-22(28)25-13-15-6-8-18(9-16(15)10-19(25)21(26)27)30-20-11-17(29-4)7-5-14(20)12-24/h5,7,11,15-16,18-19H,6,8-10,13H2,1-4H3,(H,26,27). The van der Waals surface area contributed by atoms with Gasteiger partial charge in [0.2, 0.25) is 0 Å². The van der Waals surface area contributed by atoms with Gasteiger partial charge in [-0.15, -0.1) is 0 Å². The first-order valence-corrected chi connectivity index (χ1v) is 10.6. The van der Waals surface area contributed by atoms with Crippen molar-refractivity contribution in [3.05, 3.63) is 23.8 Å². The number of rotatable bonds is 4. The zero-order valence-corrected chi connectivity index (χ0v) is 18.5. The molecule has 8 heteroatoms. The molecule has 1 aromatic rings. The molecular weight excluding hydrogens is 400 g/mol. The van der Waals surface area contributed by atoms with Gasteiger partial charge in [-0.25, -0.2) is 9.59 Å². The number of hydrogen-bond donors (Lipinski definition) is 1. The summed E-state index contributed by atoms with van der Waals surface area (Å²) in [7, 11) is 1.56. The fraction of sp³-hybridized carbons (Fsp3) is 0.609. The average molecular weight is 431 g/mol. The van der Waals surface area contributed by atoms with Gasteiger partial charge in [0.05, 0.1) is 18.8 Å². The van der Waals surface area contributed by atoms with Crippen molar-refractivity contribution in [1.29, 1.82) is 5.26 Å². The maximum atomic E-state index is 12.6. The summed E-state index contributed by atoms with van der Waals surface area (Å²) in [5, 5.41) is 19.1. The van der Waals surface area contributed by atoms with E-state index in [9.17, 15) is 20.0 Å². The number of carbonyl (C=O) groups is 2. The van der Waals surface area contributed by atoms with Crippen molar-refractivity contribution in [1.82, 2.24) is 4.90 Å². The smallest absolute Gasteiger partial charge is 0.411 e. The van der Waals surface area contributed by atoms with Crippen LogP contribution in [0.5, 0.6) is 11.5 Å². The minimum Gasteiger partial charge on any atom is -0.497 e. The number of methoxy groups -OCH3 is 1. The van der Waals surface area contributed by atoms with Crippen LogP contribution >= 0.6 is 0 Å².